The van der Waals surface area contributed by atoms with E-state index in [1.54, 1.807) is 16.7 Å². The molecule has 1 aromatic heterocycles. The van der Waals surface area contributed by atoms with Gasteiger partial charge in [-0.1, -0.05) is 11.8 Å². The van der Waals surface area contributed by atoms with Gasteiger partial charge in [0.2, 0.25) is 5.91 Å². The van der Waals surface area contributed by atoms with Crippen molar-refractivity contribution >= 4 is 29.0 Å². The Kier molecular flexibility index (Phi) is 8.65. The molecule has 9 nitrogen and oxygen atoms in total. The number of thioether (sulfide) groups is 1. The molecule has 0 saturated carbocycles. The van der Waals surface area contributed by atoms with E-state index >= 15 is 0 Å². The fraction of sp³-hybridized carbons (Fsp3) is 0.400. The minimum absolute atomic E-state index is 0.121. The molecule has 1 aliphatic heterocycles. The topological polar surface area (TPSA) is 90.7 Å². The van der Waals surface area contributed by atoms with Gasteiger partial charge in [-0.25, -0.2) is 4.39 Å². The monoisotopic (exact) mass is 515 g/mol. The summed E-state index contributed by atoms with van der Waals surface area (Å²) in [5.74, 6) is 1.45. The molecule has 0 radical (unpaired) electrons. The lowest BCUT2D eigenvalue weighted by molar-refractivity contribution is -0.113. The zero-order valence-corrected chi connectivity index (χ0v) is 21.4. The first-order chi connectivity index (χ1) is 17.5. The molecule has 36 heavy (non-hydrogen) atoms. The number of carbonyl (C=O) groups excluding carboxylic acids is 1. The number of aromatic nitrogens is 3. The number of amides is 1. The SMILES string of the molecule is CCOc1cc(N2CCOCC2)c(OCC)cc1NC(=O)CSc1nnc(-c2ccc(F)cc2)n1C. The summed E-state index contributed by atoms with van der Waals surface area (Å²) < 4.78 is 32.3. The van der Waals surface area contributed by atoms with Gasteiger partial charge in [0.15, 0.2) is 11.0 Å². The van der Waals surface area contributed by atoms with E-state index in [-0.39, 0.29) is 17.5 Å². The summed E-state index contributed by atoms with van der Waals surface area (Å²) >= 11 is 1.26. The lowest BCUT2D eigenvalue weighted by atomic mass is 10.2. The van der Waals surface area contributed by atoms with E-state index in [1.807, 2.05) is 33.0 Å². The van der Waals surface area contributed by atoms with Crippen LogP contribution in [0.3, 0.4) is 0 Å². The predicted octanol–water partition coefficient (Wildman–Crippen LogP) is 3.99. The molecule has 11 heteroatoms. The van der Waals surface area contributed by atoms with Crippen molar-refractivity contribution in [1.82, 2.24) is 14.8 Å². The normalized spacial score (nSPS) is 13.5. The summed E-state index contributed by atoms with van der Waals surface area (Å²) in [6, 6.07) is 9.78. The standard InChI is InChI=1S/C25H30FN5O4S/c1-4-34-21-15-20(31-10-12-33-13-11-31)22(35-5-2)14-19(21)27-23(32)16-36-25-29-28-24(30(25)3)17-6-8-18(26)9-7-17/h6-9,14-15H,4-5,10-13,16H2,1-3H3,(H,27,32). The molecular formula is C25H30FN5O4S. The summed E-state index contributed by atoms with van der Waals surface area (Å²) in [4.78, 5) is 15.1. The third kappa shape index (κ3) is 6.08. The number of benzene rings is 2. The number of rotatable bonds is 10. The van der Waals surface area contributed by atoms with E-state index in [2.05, 4.69) is 20.4 Å². The van der Waals surface area contributed by atoms with Gasteiger partial charge in [-0.3, -0.25) is 4.79 Å². The van der Waals surface area contributed by atoms with E-state index in [0.29, 0.717) is 54.6 Å². The lowest BCUT2D eigenvalue weighted by Crippen LogP contribution is -2.36. The molecule has 0 aliphatic carbocycles. The van der Waals surface area contributed by atoms with Crippen molar-refractivity contribution in [2.45, 2.75) is 19.0 Å². The van der Waals surface area contributed by atoms with Crippen LogP contribution in [0.2, 0.25) is 0 Å². The Labute approximate surface area is 213 Å². The highest BCUT2D eigenvalue weighted by Crippen LogP contribution is 2.39. The fourth-order valence-electron chi connectivity index (χ4n) is 3.85. The molecule has 2 heterocycles. The molecule has 1 saturated heterocycles. The summed E-state index contributed by atoms with van der Waals surface area (Å²) in [7, 11) is 1.81. The second-order valence-corrected chi connectivity index (χ2v) is 8.93. The average Bonchev–Trinajstić information content (AvgIpc) is 3.25. The van der Waals surface area contributed by atoms with Crippen LogP contribution in [-0.2, 0) is 16.6 Å². The molecule has 1 amide bonds. The van der Waals surface area contributed by atoms with Gasteiger partial charge in [0.1, 0.15) is 17.3 Å². The molecule has 192 valence electrons. The largest absolute Gasteiger partial charge is 0.492 e. The van der Waals surface area contributed by atoms with Crippen LogP contribution in [0.1, 0.15) is 13.8 Å². The number of hydrogen-bond acceptors (Lipinski definition) is 8. The van der Waals surface area contributed by atoms with Crippen LogP contribution < -0.4 is 19.7 Å². The minimum Gasteiger partial charge on any atom is -0.492 e. The Balaban J connectivity index is 1.48. The van der Waals surface area contributed by atoms with E-state index in [0.717, 1.165) is 24.3 Å². The summed E-state index contributed by atoms with van der Waals surface area (Å²) in [5.41, 5.74) is 2.21. The van der Waals surface area contributed by atoms with Gasteiger partial charge in [0.25, 0.3) is 0 Å². The van der Waals surface area contributed by atoms with Crippen LogP contribution in [0, 0.1) is 5.82 Å². The average molecular weight is 516 g/mol. The van der Waals surface area contributed by atoms with Gasteiger partial charge in [0.05, 0.1) is 43.6 Å². The number of nitrogens with one attached hydrogen (secondary N) is 1. The zero-order chi connectivity index (χ0) is 25.5. The first kappa shape index (κ1) is 25.8. The first-order valence-electron chi connectivity index (χ1n) is 11.8. The van der Waals surface area contributed by atoms with Crippen molar-refractivity contribution in [2.75, 3.05) is 55.5 Å². The van der Waals surface area contributed by atoms with Gasteiger partial charge in [0, 0.05) is 37.8 Å². The fourth-order valence-corrected chi connectivity index (χ4v) is 4.56. The Hall–Kier alpha value is -3.31. The maximum absolute atomic E-state index is 13.2. The number of carbonyl (C=O) groups is 1. The number of hydrogen-bond donors (Lipinski definition) is 1. The van der Waals surface area contributed by atoms with Crippen molar-refractivity contribution in [3.05, 3.63) is 42.2 Å². The highest BCUT2D eigenvalue weighted by Gasteiger charge is 2.21. The quantitative estimate of drug-likeness (QED) is 0.406. The third-order valence-electron chi connectivity index (χ3n) is 5.56. The van der Waals surface area contributed by atoms with Gasteiger partial charge >= 0.3 is 0 Å². The summed E-state index contributed by atoms with van der Waals surface area (Å²) in [5, 5.41) is 11.9. The molecule has 1 aliphatic rings. The highest BCUT2D eigenvalue weighted by molar-refractivity contribution is 7.99. The zero-order valence-electron chi connectivity index (χ0n) is 20.6. The van der Waals surface area contributed by atoms with Crippen molar-refractivity contribution in [2.24, 2.45) is 7.05 Å². The molecule has 1 N–H and O–H groups in total. The number of morpholine rings is 1. The van der Waals surface area contributed by atoms with Crippen molar-refractivity contribution < 1.29 is 23.4 Å². The van der Waals surface area contributed by atoms with Crippen LogP contribution in [0.15, 0.2) is 41.6 Å². The molecule has 0 atom stereocenters. The van der Waals surface area contributed by atoms with Crippen LogP contribution in [0.25, 0.3) is 11.4 Å². The Morgan fingerprint density at radius 3 is 2.47 bits per heavy atom. The van der Waals surface area contributed by atoms with Gasteiger partial charge in [-0.15, -0.1) is 10.2 Å². The Morgan fingerprint density at radius 2 is 1.78 bits per heavy atom. The van der Waals surface area contributed by atoms with Crippen molar-refractivity contribution in [1.29, 1.82) is 0 Å². The summed E-state index contributed by atoms with van der Waals surface area (Å²) in [6.07, 6.45) is 0. The van der Waals surface area contributed by atoms with Crippen molar-refractivity contribution in [3.8, 4) is 22.9 Å². The van der Waals surface area contributed by atoms with E-state index in [4.69, 9.17) is 14.2 Å². The molecule has 0 bridgehead atoms. The summed E-state index contributed by atoms with van der Waals surface area (Å²) in [6.45, 7) is 7.59. The number of anilines is 2. The number of nitrogens with zero attached hydrogens (tertiary/aromatic N) is 4. The number of ether oxygens (including phenoxy) is 3. The molecule has 2 aromatic carbocycles. The number of halogens is 1. The first-order valence-corrected chi connectivity index (χ1v) is 12.8. The lowest BCUT2D eigenvalue weighted by Gasteiger charge is -2.31. The second kappa shape index (κ2) is 12.1. The molecule has 0 spiro atoms. The third-order valence-corrected chi connectivity index (χ3v) is 6.58. The van der Waals surface area contributed by atoms with E-state index in [1.165, 1.54) is 23.9 Å². The highest BCUT2D eigenvalue weighted by atomic mass is 32.2. The van der Waals surface area contributed by atoms with Crippen LogP contribution in [0.4, 0.5) is 15.8 Å². The molecule has 3 aromatic rings. The Bertz CT molecular complexity index is 1180. The van der Waals surface area contributed by atoms with Crippen LogP contribution in [0.5, 0.6) is 11.5 Å². The minimum atomic E-state index is -0.316. The molecule has 0 unspecified atom stereocenters. The van der Waals surface area contributed by atoms with Crippen LogP contribution >= 0.6 is 11.8 Å². The van der Waals surface area contributed by atoms with E-state index < -0.39 is 0 Å². The molecule has 4 rings (SSSR count). The predicted molar refractivity (Wildman–Crippen MR) is 138 cm³/mol. The van der Waals surface area contributed by atoms with E-state index in [9.17, 15) is 9.18 Å². The van der Waals surface area contributed by atoms with Gasteiger partial charge < -0.3 is 29.0 Å². The van der Waals surface area contributed by atoms with Crippen molar-refractivity contribution in [3.63, 3.8) is 0 Å². The maximum Gasteiger partial charge on any atom is 0.234 e. The second-order valence-electron chi connectivity index (χ2n) is 7.99. The maximum atomic E-state index is 13.2. The molecule has 1 fully saturated rings. The Morgan fingerprint density at radius 1 is 1.08 bits per heavy atom. The van der Waals surface area contributed by atoms with Crippen LogP contribution in [-0.4, -0.2) is 65.9 Å². The molecular weight excluding hydrogens is 485 g/mol. The van der Waals surface area contributed by atoms with Gasteiger partial charge in [-0.05, 0) is 38.1 Å². The van der Waals surface area contributed by atoms with Gasteiger partial charge in [-0.2, -0.15) is 0 Å². The smallest absolute Gasteiger partial charge is 0.234 e.